The van der Waals surface area contributed by atoms with E-state index in [1.165, 1.54) is 16.6 Å². The van der Waals surface area contributed by atoms with Gasteiger partial charge in [0.15, 0.2) is 0 Å². The predicted octanol–water partition coefficient (Wildman–Crippen LogP) is 0.462. The Morgan fingerprint density at radius 3 is 2.83 bits per heavy atom. The molecular formula is C11H17N3O3S. The molecule has 1 aliphatic rings. The third kappa shape index (κ3) is 2.21. The number of ether oxygens (including phenoxy) is 1. The zero-order chi connectivity index (χ0) is 13.3. The summed E-state index contributed by atoms with van der Waals surface area (Å²) >= 11 is 0. The first-order valence-corrected chi connectivity index (χ1v) is 7.18. The van der Waals surface area contributed by atoms with Gasteiger partial charge in [-0.2, -0.15) is 4.31 Å². The first-order valence-electron chi connectivity index (χ1n) is 5.74. The Morgan fingerprint density at radius 2 is 2.28 bits per heavy atom. The maximum Gasteiger partial charge on any atom is 0.246 e. The molecule has 0 spiro atoms. The van der Waals surface area contributed by atoms with Gasteiger partial charge in [0.05, 0.1) is 12.1 Å². The van der Waals surface area contributed by atoms with Crippen molar-refractivity contribution in [1.29, 1.82) is 0 Å². The molecule has 2 unspecified atom stereocenters. The number of likely N-dealkylation sites (N-methyl/N-ethyl adjacent to an activating group) is 1. The number of nitrogens with two attached hydrogens (primary N) is 1. The van der Waals surface area contributed by atoms with Gasteiger partial charge in [0.25, 0.3) is 0 Å². The number of anilines is 1. The van der Waals surface area contributed by atoms with Crippen LogP contribution in [-0.2, 0) is 14.8 Å². The number of pyridine rings is 1. The summed E-state index contributed by atoms with van der Waals surface area (Å²) in [5, 5.41) is 0. The first-order chi connectivity index (χ1) is 8.44. The summed E-state index contributed by atoms with van der Waals surface area (Å²) in [6.45, 7) is 2.45. The maximum atomic E-state index is 12.4. The van der Waals surface area contributed by atoms with E-state index in [4.69, 9.17) is 10.5 Å². The smallest absolute Gasteiger partial charge is 0.246 e. The van der Waals surface area contributed by atoms with Crippen LogP contribution in [0.2, 0.25) is 0 Å². The van der Waals surface area contributed by atoms with Gasteiger partial charge in [-0.1, -0.05) is 0 Å². The highest BCUT2D eigenvalue weighted by atomic mass is 32.2. The van der Waals surface area contributed by atoms with E-state index in [1.54, 1.807) is 13.1 Å². The quantitative estimate of drug-likeness (QED) is 0.863. The van der Waals surface area contributed by atoms with E-state index in [0.29, 0.717) is 13.0 Å². The Balaban J connectivity index is 2.34. The molecule has 1 fully saturated rings. The fourth-order valence-corrected chi connectivity index (χ4v) is 3.66. The van der Waals surface area contributed by atoms with Crippen molar-refractivity contribution in [2.24, 2.45) is 0 Å². The zero-order valence-electron chi connectivity index (χ0n) is 10.4. The van der Waals surface area contributed by atoms with Crippen LogP contribution in [0.15, 0.2) is 23.2 Å². The molecule has 0 bridgehead atoms. The molecule has 0 aromatic carbocycles. The van der Waals surface area contributed by atoms with E-state index >= 15 is 0 Å². The standard InChI is InChI=1S/C11H17N3O3S/c1-8-9(5-7-17-8)14(2)18(15,16)10-4-3-6-13-11(10)12/h3-4,6,8-9H,5,7H2,1-2H3,(H2,12,13). The van der Waals surface area contributed by atoms with Crippen LogP contribution >= 0.6 is 0 Å². The van der Waals surface area contributed by atoms with Gasteiger partial charge in [0.2, 0.25) is 10.0 Å². The number of aromatic nitrogens is 1. The van der Waals surface area contributed by atoms with Crippen LogP contribution in [0.4, 0.5) is 5.82 Å². The van der Waals surface area contributed by atoms with Crippen LogP contribution < -0.4 is 5.73 Å². The van der Waals surface area contributed by atoms with Gasteiger partial charge in [-0.05, 0) is 25.5 Å². The molecule has 7 heteroatoms. The van der Waals surface area contributed by atoms with Crippen molar-refractivity contribution in [1.82, 2.24) is 9.29 Å². The minimum absolute atomic E-state index is 0.0240. The van der Waals surface area contributed by atoms with Crippen molar-refractivity contribution in [2.75, 3.05) is 19.4 Å². The molecule has 2 atom stereocenters. The Kier molecular flexibility index (Phi) is 3.56. The molecule has 2 heterocycles. The summed E-state index contributed by atoms with van der Waals surface area (Å²) < 4.78 is 31.6. The largest absolute Gasteiger partial charge is 0.383 e. The zero-order valence-corrected chi connectivity index (χ0v) is 11.2. The fraction of sp³-hybridized carbons (Fsp3) is 0.545. The van der Waals surface area contributed by atoms with Gasteiger partial charge in [0.1, 0.15) is 10.7 Å². The van der Waals surface area contributed by atoms with E-state index in [-0.39, 0.29) is 22.9 Å². The number of sulfonamides is 1. The third-order valence-corrected chi connectivity index (χ3v) is 5.19. The minimum Gasteiger partial charge on any atom is -0.383 e. The molecule has 18 heavy (non-hydrogen) atoms. The summed E-state index contributed by atoms with van der Waals surface area (Å²) in [6.07, 6.45) is 2.05. The molecule has 0 aliphatic carbocycles. The molecule has 1 aliphatic heterocycles. The molecule has 100 valence electrons. The summed E-state index contributed by atoms with van der Waals surface area (Å²) in [4.78, 5) is 3.86. The van der Waals surface area contributed by atoms with E-state index in [9.17, 15) is 8.42 Å². The summed E-state index contributed by atoms with van der Waals surface area (Å²) in [5.74, 6) is 0.0240. The van der Waals surface area contributed by atoms with E-state index in [0.717, 1.165) is 0 Å². The Bertz CT molecular complexity index is 532. The molecule has 6 nitrogen and oxygen atoms in total. The van der Waals surface area contributed by atoms with Crippen LogP contribution in [0.3, 0.4) is 0 Å². The molecule has 1 saturated heterocycles. The van der Waals surface area contributed by atoms with Crippen molar-refractivity contribution in [3.05, 3.63) is 18.3 Å². The highest BCUT2D eigenvalue weighted by Crippen LogP contribution is 2.26. The van der Waals surface area contributed by atoms with Crippen molar-refractivity contribution in [3.63, 3.8) is 0 Å². The van der Waals surface area contributed by atoms with Gasteiger partial charge in [-0.25, -0.2) is 13.4 Å². The van der Waals surface area contributed by atoms with Gasteiger partial charge >= 0.3 is 0 Å². The number of nitrogens with zero attached hydrogens (tertiary/aromatic N) is 2. The third-order valence-electron chi connectivity index (χ3n) is 3.26. The van der Waals surface area contributed by atoms with Crippen LogP contribution in [0.1, 0.15) is 13.3 Å². The normalized spacial score (nSPS) is 24.6. The number of hydrogen-bond acceptors (Lipinski definition) is 5. The Hall–Kier alpha value is -1.18. The molecule has 0 amide bonds. The molecule has 2 rings (SSSR count). The maximum absolute atomic E-state index is 12.4. The highest BCUT2D eigenvalue weighted by molar-refractivity contribution is 7.89. The number of nitrogen functional groups attached to an aromatic ring is 1. The Morgan fingerprint density at radius 1 is 1.56 bits per heavy atom. The van der Waals surface area contributed by atoms with Gasteiger partial charge in [0, 0.05) is 19.9 Å². The lowest BCUT2D eigenvalue weighted by molar-refractivity contribution is 0.102. The van der Waals surface area contributed by atoms with Gasteiger partial charge in [-0.3, -0.25) is 0 Å². The second kappa shape index (κ2) is 4.83. The molecule has 1 aromatic heterocycles. The van der Waals surface area contributed by atoms with Crippen LogP contribution in [0.5, 0.6) is 0 Å². The average Bonchev–Trinajstić information content (AvgIpc) is 2.74. The SMILES string of the molecule is CC1OCCC1N(C)S(=O)(=O)c1cccnc1N. The van der Waals surface area contributed by atoms with Crippen molar-refractivity contribution >= 4 is 15.8 Å². The predicted molar refractivity (Wildman–Crippen MR) is 67.4 cm³/mol. The topological polar surface area (TPSA) is 85.5 Å². The summed E-state index contributed by atoms with van der Waals surface area (Å²) in [7, 11) is -2.07. The molecule has 0 saturated carbocycles. The van der Waals surface area contributed by atoms with Crippen LogP contribution in [0.25, 0.3) is 0 Å². The lowest BCUT2D eigenvalue weighted by Gasteiger charge is -2.26. The van der Waals surface area contributed by atoms with E-state index in [2.05, 4.69) is 4.98 Å². The lowest BCUT2D eigenvalue weighted by Crippen LogP contribution is -2.41. The van der Waals surface area contributed by atoms with E-state index < -0.39 is 10.0 Å². The monoisotopic (exact) mass is 271 g/mol. The average molecular weight is 271 g/mol. The molecule has 0 radical (unpaired) electrons. The number of hydrogen-bond donors (Lipinski definition) is 1. The molecular weight excluding hydrogens is 254 g/mol. The van der Waals surface area contributed by atoms with Crippen LogP contribution in [0, 0.1) is 0 Å². The summed E-state index contributed by atoms with van der Waals surface area (Å²) in [5.41, 5.74) is 5.63. The van der Waals surface area contributed by atoms with Gasteiger partial charge in [-0.15, -0.1) is 0 Å². The first kappa shape index (κ1) is 13.3. The van der Waals surface area contributed by atoms with Crippen molar-refractivity contribution in [3.8, 4) is 0 Å². The highest BCUT2D eigenvalue weighted by Gasteiger charge is 2.36. The number of rotatable bonds is 3. The van der Waals surface area contributed by atoms with E-state index in [1.807, 2.05) is 6.92 Å². The second-order valence-corrected chi connectivity index (χ2v) is 6.31. The molecule has 1 aromatic rings. The van der Waals surface area contributed by atoms with Gasteiger partial charge < -0.3 is 10.5 Å². The summed E-state index contributed by atoms with van der Waals surface area (Å²) in [6, 6.07) is 2.87. The van der Waals surface area contributed by atoms with Crippen molar-refractivity contribution < 1.29 is 13.2 Å². The fourth-order valence-electron chi connectivity index (χ4n) is 2.15. The van der Waals surface area contributed by atoms with Crippen LogP contribution in [-0.4, -0.2) is 43.5 Å². The minimum atomic E-state index is -3.62. The lowest BCUT2D eigenvalue weighted by atomic mass is 10.2. The van der Waals surface area contributed by atoms with Crippen molar-refractivity contribution in [2.45, 2.75) is 30.4 Å². The Labute approximate surface area is 107 Å². The second-order valence-electron chi connectivity index (χ2n) is 4.34. The molecule has 2 N–H and O–H groups in total.